The largest absolute Gasteiger partial charge is 0.379 e. The number of ether oxygens (including phenoxy) is 1. The van der Waals surface area contributed by atoms with Crippen molar-refractivity contribution in [2.75, 3.05) is 39.9 Å². The molecular weight excluding hydrogens is 372 g/mol. The topological polar surface area (TPSA) is 50.6 Å². The van der Waals surface area contributed by atoms with Crippen LogP contribution in [0.4, 0.5) is 0 Å². The minimum atomic E-state index is 0.0278. The number of amides is 1. The van der Waals surface area contributed by atoms with E-state index in [4.69, 9.17) is 4.74 Å². The van der Waals surface area contributed by atoms with Gasteiger partial charge in [-0.1, -0.05) is 6.07 Å². The zero-order valence-corrected chi connectivity index (χ0v) is 17.4. The summed E-state index contributed by atoms with van der Waals surface area (Å²) in [6.45, 7) is 5.90. The number of rotatable bonds is 5. The lowest BCUT2D eigenvalue weighted by Crippen LogP contribution is -2.44. The lowest BCUT2D eigenvalue weighted by molar-refractivity contribution is 0.0104. The molecule has 148 valence electrons. The second kappa shape index (κ2) is 8.03. The van der Waals surface area contributed by atoms with Crippen LogP contribution in [0.15, 0.2) is 35.7 Å². The highest BCUT2D eigenvalue weighted by Crippen LogP contribution is 2.27. The molecular formula is C21H26N4O2S. The first-order valence-electron chi connectivity index (χ1n) is 9.58. The van der Waals surface area contributed by atoms with Gasteiger partial charge < -0.3 is 14.2 Å². The molecule has 1 atom stereocenters. The van der Waals surface area contributed by atoms with Crippen LogP contribution in [-0.4, -0.2) is 65.2 Å². The van der Waals surface area contributed by atoms with Crippen LogP contribution in [0.1, 0.15) is 27.1 Å². The van der Waals surface area contributed by atoms with Crippen molar-refractivity contribution in [1.29, 1.82) is 0 Å². The second-order valence-corrected chi connectivity index (χ2v) is 8.27. The third kappa shape index (κ3) is 3.70. The Kier molecular flexibility index (Phi) is 5.48. The monoisotopic (exact) mass is 398 g/mol. The standard InChI is InChI=1S/C21H26N4O2S/c1-15-22-17-13-16(6-7-18(17)24(15)3)21(26)23(2)14-19(20-5-4-12-28-20)25-8-10-27-11-9-25/h4-7,12-13,19H,8-11,14H2,1-3H3/t19-/m0/s1. The molecule has 2 aromatic heterocycles. The molecule has 0 bridgehead atoms. The van der Waals surface area contributed by atoms with Gasteiger partial charge in [0.25, 0.3) is 5.91 Å². The fraction of sp³-hybridized carbons (Fsp3) is 0.429. The van der Waals surface area contributed by atoms with Gasteiger partial charge in [0.2, 0.25) is 0 Å². The lowest BCUT2D eigenvalue weighted by atomic mass is 10.1. The highest BCUT2D eigenvalue weighted by atomic mass is 32.1. The molecule has 0 saturated carbocycles. The Morgan fingerprint density at radius 2 is 2.11 bits per heavy atom. The number of benzene rings is 1. The number of imidazole rings is 1. The molecule has 1 aliphatic rings. The smallest absolute Gasteiger partial charge is 0.253 e. The molecule has 0 radical (unpaired) electrons. The Balaban J connectivity index is 1.55. The normalized spacial score (nSPS) is 16.4. The van der Waals surface area contributed by atoms with Crippen LogP contribution in [0, 0.1) is 6.92 Å². The quantitative estimate of drug-likeness (QED) is 0.663. The molecule has 3 aromatic rings. The maximum atomic E-state index is 13.1. The minimum absolute atomic E-state index is 0.0278. The second-order valence-electron chi connectivity index (χ2n) is 7.29. The predicted octanol–water partition coefficient (Wildman–Crippen LogP) is 3.09. The molecule has 0 spiro atoms. The van der Waals surface area contributed by atoms with E-state index in [2.05, 4.69) is 27.4 Å². The van der Waals surface area contributed by atoms with E-state index in [1.54, 1.807) is 11.3 Å². The molecule has 1 amide bonds. The molecule has 1 aliphatic heterocycles. The molecule has 0 N–H and O–H groups in total. The summed E-state index contributed by atoms with van der Waals surface area (Å²) >= 11 is 1.75. The number of aromatic nitrogens is 2. The van der Waals surface area contributed by atoms with Crippen molar-refractivity contribution < 1.29 is 9.53 Å². The van der Waals surface area contributed by atoms with E-state index in [0.717, 1.165) is 43.2 Å². The summed E-state index contributed by atoms with van der Waals surface area (Å²) in [5.41, 5.74) is 2.59. The SMILES string of the molecule is Cc1nc2cc(C(=O)N(C)C[C@@H](c3cccs3)N3CCOCC3)ccc2n1C. The number of thiophene rings is 1. The summed E-state index contributed by atoms with van der Waals surface area (Å²) in [6, 6.07) is 10.2. The molecule has 1 fully saturated rings. The molecule has 1 saturated heterocycles. The van der Waals surface area contributed by atoms with Crippen LogP contribution in [0.25, 0.3) is 11.0 Å². The van der Waals surface area contributed by atoms with Crippen molar-refractivity contribution in [1.82, 2.24) is 19.4 Å². The first kappa shape index (κ1) is 19.1. The van der Waals surface area contributed by atoms with Crippen LogP contribution in [-0.2, 0) is 11.8 Å². The average Bonchev–Trinajstić information content (AvgIpc) is 3.34. The number of carbonyl (C=O) groups excluding carboxylic acids is 1. The van der Waals surface area contributed by atoms with E-state index in [-0.39, 0.29) is 11.9 Å². The van der Waals surface area contributed by atoms with E-state index < -0.39 is 0 Å². The van der Waals surface area contributed by atoms with Crippen molar-refractivity contribution in [2.24, 2.45) is 7.05 Å². The van der Waals surface area contributed by atoms with Crippen molar-refractivity contribution in [3.05, 3.63) is 52.0 Å². The van der Waals surface area contributed by atoms with Gasteiger partial charge in [0.1, 0.15) is 5.82 Å². The Morgan fingerprint density at radius 1 is 1.32 bits per heavy atom. The Labute approximate surface area is 169 Å². The van der Waals surface area contributed by atoms with Gasteiger partial charge in [0.15, 0.2) is 0 Å². The van der Waals surface area contributed by atoms with Crippen molar-refractivity contribution in [3.8, 4) is 0 Å². The third-order valence-electron chi connectivity index (χ3n) is 5.50. The van der Waals surface area contributed by atoms with Gasteiger partial charge in [0.05, 0.1) is 30.3 Å². The van der Waals surface area contributed by atoms with E-state index in [0.29, 0.717) is 12.1 Å². The summed E-state index contributed by atoms with van der Waals surface area (Å²) in [6.07, 6.45) is 0. The Morgan fingerprint density at radius 3 is 2.82 bits per heavy atom. The number of morpholine rings is 1. The van der Waals surface area contributed by atoms with Gasteiger partial charge in [-0.05, 0) is 36.6 Å². The predicted molar refractivity (Wildman–Crippen MR) is 112 cm³/mol. The van der Waals surface area contributed by atoms with E-state index >= 15 is 0 Å². The molecule has 0 aliphatic carbocycles. The van der Waals surface area contributed by atoms with Crippen LogP contribution < -0.4 is 0 Å². The van der Waals surface area contributed by atoms with E-state index in [1.165, 1.54) is 4.88 Å². The number of nitrogens with zero attached hydrogens (tertiary/aromatic N) is 4. The first-order valence-corrected chi connectivity index (χ1v) is 10.5. The average molecular weight is 399 g/mol. The molecule has 6 nitrogen and oxygen atoms in total. The van der Waals surface area contributed by atoms with E-state index in [9.17, 15) is 4.79 Å². The van der Waals surface area contributed by atoms with Crippen LogP contribution in [0.2, 0.25) is 0 Å². The van der Waals surface area contributed by atoms with Crippen molar-refractivity contribution >= 4 is 28.3 Å². The summed E-state index contributed by atoms with van der Waals surface area (Å²) < 4.78 is 7.55. The zero-order chi connectivity index (χ0) is 19.7. The van der Waals surface area contributed by atoms with Gasteiger partial charge in [0, 0.05) is 44.2 Å². The van der Waals surface area contributed by atoms with Crippen LogP contribution >= 0.6 is 11.3 Å². The lowest BCUT2D eigenvalue weighted by Gasteiger charge is -2.36. The number of hydrogen-bond acceptors (Lipinski definition) is 5. The van der Waals surface area contributed by atoms with Gasteiger partial charge >= 0.3 is 0 Å². The molecule has 1 aromatic carbocycles. The van der Waals surface area contributed by atoms with Gasteiger partial charge in [-0.25, -0.2) is 4.98 Å². The minimum Gasteiger partial charge on any atom is -0.379 e. The fourth-order valence-electron chi connectivity index (χ4n) is 3.77. The summed E-state index contributed by atoms with van der Waals surface area (Å²) in [5.74, 6) is 0.970. The highest BCUT2D eigenvalue weighted by molar-refractivity contribution is 7.10. The maximum absolute atomic E-state index is 13.1. The molecule has 3 heterocycles. The third-order valence-corrected chi connectivity index (χ3v) is 6.48. The van der Waals surface area contributed by atoms with Gasteiger partial charge in [-0.15, -0.1) is 11.3 Å². The summed E-state index contributed by atoms with van der Waals surface area (Å²) in [7, 11) is 3.88. The highest BCUT2D eigenvalue weighted by Gasteiger charge is 2.26. The number of fused-ring (bicyclic) bond motifs is 1. The number of carbonyl (C=O) groups is 1. The zero-order valence-electron chi connectivity index (χ0n) is 16.6. The summed E-state index contributed by atoms with van der Waals surface area (Å²) in [5, 5.41) is 2.10. The van der Waals surface area contributed by atoms with E-state index in [1.807, 2.05) is 48.7 Å². The van der Waals surface area contributed by atoms with Crippen LogP contribution in [0.5, 0.6) is 0 Å². The molecule has 4 rings (SSSR count). The number of likely N-dealkylation sites (N-methyl/N-ethyl adjacent to an activating group) is 1. The molecule has 0 unspecified atom stereocenters. The maximum Gasteiger partial charge on any atom is 0.253 e. The Hall–Kier alpha value is -2.22. The van der Waals surface area contributed by atoms with Crippen molar-refractivity contribution in [2.45, 2.75) is 13.0 Å². The molecule has 7 heteroatoms. The molecule has 28 heavy (non-hydrogen) atoms. The van der Waals surface area contributed by atoms with Crippen LogP contribution in [0.3, 0.4) is 0 Å². The number of hydrogen-bond donors (Lipinski definition) is 0. The van der Waals surface area contributed by atoms with Crippen molar-refractivity contribution in [3.63, 3.8) is 0 Å². The fourth-order valence-corrected chi connectivity index (χ4v) is 4.62. The Bertz CT molecular complexity index is 960. The summed E-state index contributed by atoms with van der Waals surface area (Å²) in [4.78, 5) is 23.2. The number of aryl methyl sites for hydroxylation is 2. The van der Waals surface area contributed by atoms with Gasteiger partial charge in [-0.2, -0.15) is 0 Å². The van der Waals surface area contributed by atoms with Gasteiger partial charge in [-0.3, -0.25) is 9.69 Å². The first-order chi connectivity index (χ1) is 13.5.